The highest BCUT2D eigenvalue weighted by Crippen LogP contribution is 2.35. The molecule has 3 aromatic carbocycles. The van der Waals surface area contributed by atoms with Gasteiger partial charge in [0.2, 0.25) is 0 Å². The van der Waals surface area contributed by atoms with Gasteiger partial charge >= 0.3 is 0 Å². The van der Waals surface area contributed by atoms with Crippen LogP contribution in [0.2, 0.25) is 0 Å². The van der Waals surface area contributed by atoms with E-state index in [9.17, 15) is 0 Å². The monoisotopic (exact) mass is 579 g/mol. The van der Waals surface area contributed by atoms with Crippen molar-refractivity contribution >= 4 is 29.9 Å². The molecule has 0 bridgehead atoms. The van der Waals surface area contributed by atoms with Gasteiger partial charge in [-0.1, -0.05) is 109 Å². The van der Waals surface area contributed by atoms with Gasteiger partial charge in [-0.05, 0) is 91.5 Å². The minimum absolute atomic E-state index is 0.121. The topological polar surface area (TPSA) is 12.4 Å². The fraction of sp³-hybridized carbons (Fsp3) is 0.162. The Balaban J connectivity index is 1.17. The number of hydrogen-bond acceptors (Lipinski definition) is 1. The summed E-state index contributed by atoms with van der Waals surface area (Å²) in [6.45, 7) is 0. The Morgan fingerprint density at radius 1 is 0.775 bits per heavy atom. The normalized spacial score (nSPS) is 23.0. The number of hydrogen-bond donors (Lipinski definition) is 0. The second-order valence-electron chi connectivity index (χ2n) is 11.2. The predicted molar refractivity (Wildman–Crippen MR) is 174 cm³/mol. The van der Waals surface area contributed by atoms with Crippen molar-refractivity contribution in [1.29, 1.82) is 0 Å². The lowest BCUT2D eigenvalue weighted by molar-refractivity contribution is 0.667. The molecule has 3 heteroatoms. The highest BCUT2D eigenvalue weighted by atomic mass is 79.9. The Hall–Kier alpha value is -3.69. The summed E-state index contributed by atoms with van der Waals surface area (Å²) in [5.74, 6) is 0.791. The summed E-state index contributed by atoms with van der Waals surface area (Å²) < 4.78 is 1.05. The first kappa shape index (κ1) is 25.3. The van der Waals surface area contributed by atoms with Crippen LogP contribution in [0.1, 0.15) is 19.3 Å². The van der Waals surface area contributed by atoms with Gasteiger partial charge in [0.15, 0.2) is 0 Å². The van der Waals surface area contributed by atoms with Crippen LogP contribution < -0.4 is 10.6 Å². The van der Waals surface area contributed by atoms with Crippen molar-refractivity contribution in [3.05, 3.63) is 153 Å². The predicted octanol–water partition coefficient (Wildman–Crippen LogP) is 7.42. The van der Waals surface area contributed by atoms with E-state index in [-0.39, 0.29) is 12.0 Å². The quantitative estimate of drug-likeness (QED) is 0.285. The fourth-order valence-corrected chi connectivity index (χ4v) is 6.92. The lowest BCUT2D eigenvalue weighted by atomic mass is 9.72. The molecule has 1 heterocycles. The third-order valence-electron chi connectivity index (χ3n) is 8.57. The van der Waals surface area contributed by atoms with Crippen LogP contribution in [0.5, 0.6) is 0 Å². The average molecular weight is 580 g/mol. The highest BCUT2D eigenvalue weighted by molar-refractivity contribution is 9.10. The van der Waals surface area contributed by atoms with E-state index in [2.05, 4.69) is 145 Å². The molecule has 1 nitrogen and oxygen atoms in total. The summed E-state index contributed by atoms with van der Waals surface area (Å²) in [5.41, 5.74) is 10.4. The molecule has 3 unspecified atom stereocenters. The third-order valence-corrected chi connectivity index (χ3v) is 9.17. The van der Waals surface area contributed by atoms with Gasteiger partial charge in [-0.25, -0.2) is 0 Å². The molecule has 4 aliphatic rings. The Kier molecular flexibility index (Phi) is 6.77. The van der Waals surface area contributed by atoms with Crippen molar-refractivity contribution in [2.24, 2.45) is 16.8 Å². The number of benzene rings is 3. The smallest absolute Gasteiger partial charge is 0.134 e. The molecule has 0 saturated heterocycles. The van der Waals surface area contributed by atoms with Gasteiger partial charge in [-0.3, -0.25) is 4.99 Å². The maximum atomic E-state index is 5.27. The molecule has 0 fully saturated rings. The zero-order valence-corrected chi connectivity index (χ0v) is 24.3. The molecule has 3 aromatic rings. The van der Waals surface area contributed by atoms with Gasteiger partial charge in [0.1, 0.15) is 7.85 Å². The Bertz CT molecular complexity index is 1780. The van der Waals surface area contributed by atoms with E-state index >= 15 is 0 Å². The van der Waals surface area contributed by atoms with Crippen molar-refractivity contribution in [3.8, 4) is 22.3 Å². The number of nitrogens with zero attached hydrogens (tertiary/aromatic N) is 1. The largest absolute Gasteiger partial charge is 0.275 e. The van der Waals surface area contributed by atoms with Gasteiger partial charge in [0.05, 0.1) is 11.4 Å². The lowest BCUT2D eigenvalue weighted by Gasteiger charge is -2.29. The zero-order valence-electron chi connectivity index (χ0n) is 22.7. The van der Waals surface area contributed by atoms with Crippen LogP contribution in [-0.2, 0) is 0 Å². The SMILES string of the molecule is BC1=CC(C2=CCC(C3=CCCC=C3)C=C2)=CC2N=c3c(Br)cc(-c4ccc(-c5ccccc5)cc4)cc3=CC12. The Morgan fingerprint density at radius 2 is 1.55 bits per heavy atom. The van der Waals surface area contributed by atoms with Crippen LogP contribution in [0.4, 0.5) is 0 Å². The maximum Gasteiger partial charge on any atom is 0.134 e. The van der Waals surface area contributed by atoms with Crippen molar-refractivity contribution in [2.45, 2.75) is 25.3 Å². The summed E-state index contributed by atoms with van der Waals surface area (Å²) >= 11 is 3.87. The molecule has 0 spiro atoms. The number of rotatable bonds is 4. The molecule has 0 amide bonds. The van der Waals surface area contributed by atoms with E-state index in [4.69, 9.17) is 4.99 Å². The second kappa shape index (κ2) is 10.7. The summed E-state index contributed by atoms with van der Waals surface area (Å²) in [6.07, 6.45) is 24.7. The number of fused-ring (bicyclic) bond motifs is 2. The van der Waals surface area contributed by atoms with Crippen LogP contribution in [0.15, 0.2) is 147 Å². The first-order valence-corrected chi connectivity index (χ1v) is 15.1. The van der Waals surface area contributed by atoms with E-state index in [0.29, 0.717) is 5.92 Å². The minimum atomic E-state index is 0.121. The van der Waals surface area contributed by atoms with E-state index in [1.807, 2.05) is 0 Å². The summed E-state index contributed by atoms with van der Waals surface area (Å²) in [7, 11) is 2.26. The van der Waals surface area contributed by atoms with Crippen LogP contribution in [0.25, 0.3) is 28.3 Å². The van der Waals surface area contributed by atoms with Crippen molar-refractivity contribution in [1.82, 2.24) is 0 Å². The van der Waals surface area contributed by atoms with Crippen molar-refractivity contribution in [3.63, 3.8) is 0 Å². The van der Waals surface area contributed by atoms with E-state index in [1.165, 1.54) is 62.5 Å². The molecule has 0 radical (unpaired) electrons. The van der Waals surface area contributed by atoms with E-state index < -0.39 is 0 Å². The van der Waals surface area contributed by atoms with Crippen molar-refractivity contribution < 1.29 is 0 Å². The van der Waals surface area contributed by atoms with Gasteiger partial charge in [-0.15, -0.1) is 5.47 Å². The zero-order chi connectivity index (χ0) is 27.1. The highest BCUT2D eigenvalue weighted by Gasteiger charge is 2.27. The standard InChI is InChI=1S/C37H31BBrN/c38-34-21-31(29-17-13-27(14-18-29)25-9-5-2-6-10-25)23-36-33(34)20-32-19-30(22-35(39)37(32)40-36)28-15-11-26(12-16-28)24-7-3-1-4-8-24/h1,3-5,7-13,15-23,27,33,36H,2,6,14,38H2. The average Bonchev–Trinajstić information content (AvgIpc) is 3.01. The second-order valence-corrected chi connectivity index (χ2v) is 12.1. The van der Waals surface area contributed by atoms with Crippen molar-refractivity contribution in [2.75, 3.05) is 0 Å². The molecule has 194 valence electrons. The van der Waals surface area contributed by atoms with Gasteiger partial charge in [0, 0.05) is 16.3 Å². The van der Waals surface area contributed by atoms with Crippen LogP contribution >= 0.6 is 15.9 Å². The molecule has 0 N–H and O–H groups in total. The molecule has 3 atom stereocenters. The summed E-state index contributed by atoms with van der Waals surface area (Å²) in [5, 5.41) is 2.26. The van der Waals surface area contributed by atoms with Crippen LogP contribution in [0.3, 0.4) is 0 Å². The molecule has 1 aliphatic heterocycles. The van der Waals surface area contributed by atoms with Gasteiger partial charge < -0.3 is 0 Å². The lowest BCUT2D eigenvalue weighted by Crippen LogP contribution is -2.38. The Labute approximate surface area is 246 Å². The molecule has 7 rings (SSSR count). The molecular formula is C37H31BBrN. The summed E-state index contributed by atoms with van der Waals surface area (Å²) in [4.78, 5) is 5.27. The first-order chi connectivity index (χ1) is 19.6. The molecule has 3 aliphatic carbocycles. The van der Waals surface area contributed by atoms with Gasteiger partial charge in [0.25, 0.3) is 0 Å². The maximum absolute atomic E-state index is 5.27. The molecule has 40 heavy (non-hydrogen) atoms. The van der Waals surface area contributed by atoms with E-state index in [0.717, 1.165) is 16.3 Å². The van der Waals surface area contributed by atoms with Crippen LogP contribution in [0, 0.1) is 11.8 Å². The minimum Gasteiger partial charge on any atom is -0.275 e. The first-order valence-electron chi connectivity index (χ1n) is 14.3. The molecular weight excluding hydrogens is 549 g/mol. The molecule has 0 aromatic heterocycles. The third kappa shape index (κ3) is 4.88. The number of halogens is 1. The van der Waals surface area contributed by atoms with Gasteiger partial charge in [-0.2, -0.15) is 0 Å². The summed E-state index contributed by atoms with van der Waals surface area (Å²) in [6, 6.07) is 24.0. The number of allylic oxidation sites excluding steroid dienone is 10. The van der Waals surface area contributed by atoms with E-state index in [1.54, 1.807) is 0 Å². The fourth-order valence-electron chi connectivity index (χ4n) is 6.34. The molecule has 0 saturated carbocycles. The van der Waals surface area contributed by atoms with Crippen LogP contribution in [-0.4, -0.2) is 13.9 Å². The Morgan fingerprint density at radius 3 is 2.27 bits per heavy atom.